The third-order valence-corrected chi connectivity index (χ3v) is 30.4. The van der Waals surface area contributed by atoms with Gasteiger partial charge in [0.05, 0.1) is 44.4 Å². The van der Waals surface area contributed by atoms with Crippen molar-refractivity contribution in [2.75, 3.05) is 6.26 Å². The van der Waals surface area contributed by atoms with Crippen LogP contribution in [-0.2, 0) is 59.7 Å². The molecule has 22 heteroatoms. The minimum absolute atomic E-state index is 0.124. The molecule has 1 atom stereocenters. The minimum atomic E-state index is -5.84. The van der Waals surface area contributed by atoms with Crippen LogP contribution in [0, 0.1) is 0 Å². The molecule has 0 amide bonds. The average molecular weight is 1810 g/mol. The fourth-order valence-corrected chi connectivity index (χ4v) is 20.6. The van der Waals surface area contributed by atoms with E-state index in [2.05, 4.69) is 349 Å². The molecule has 0 spiro atoms. The predicted molar refractivity (Wildman–Crippen MR) is 503 cm³/mol. The van der Waals surface area contributed by atoms with E-state index < -0.39 is 26.4 Å². The summed E-state index contributed by atoms with van der Waals surface area (Å²) >= 11 is 10.8. The number of fused-ring (bicyclic) bond motifs is 17. The SMILES string of the molecule is Brc1ccc2c(c1)sc1ccc3ccccc3c12.CC1(C)c2cc(B3OC(C)(C)C(C)(C)O3)ccc2-c2ccc(-c3ccc4c(c3)sc3ccc5ccccc5c34)cc21.CC1(C)c2cc(B3OC(C)(C)C(C)(C)O3)ccc2-c2ccc(B3OC(C)(C)C(C)(C)O3)cc21.CS(=O)c1ccc2ccccc2c1-c1ccc(Br)cc1.O=S(=O)(O)C(F)(F)F. The molecule has 612 valence electrons. The average Bonchev–Trinajstić information content (AvgIpc) is 1.56. The molecule has 3 saturated heterocycles. The summed E-state index contributed by atoms with van der Waals surface area (Å²) in [4.78, 5) is 0.881. The fraction of sp³-hybridized carbons (Fsp3) is 0.265. The molecular formula is C98H92B3Br2F3O10S4. The Balaban J connectivity index is 0.000000121. The Bertz CT molecular complexity index is 6640. The summed E-state index contributed by atoms with van der Waals surface area (Å²) in [5, 5.41) is 13.1. The van der Waals surface area contributed by atoms with Crippen molar-refractivity contribution in [1.82, 2.24) is 0 Å². The molecule has 0 radical (unpaired) electrons. The first-order valence-corrected chi connectivity index (χ1v) is 46.2. The summed E-state index contributed by atoms with van der Waals surface area (Å²) < 4.78 is 115. The van der Waals surface area contributed by atoms with Crippen molar-refractivity contribution in [2.45, 2.75) is 166 Å². The minimum Gasteiger partial charge on any atom is -0.399 e. The van der Waals surface area contributed by atoms with Gasteiger partial charge in [-0.3, -0.25) is 8.76 Å². The van der Waals surface area contributed by atoms with Crippen molar-refractivity contribution in [3.63, 3.8) is 0 Å². The number of thiophene rings is 2. The van der Waals surface area contributed by atoms with Crippen molar-refractivity contribution < 1.29 is 58.3 Å². The van der Waals surface area contributed by atoms with Crippen LogP contribution >= 0.6 is 54.5 Å². The summed E-state index contributed by atoms with van der Waals surface area (Å²) in [6.45, 7) is 34.5. The quantitative estimate of drug-likeness (QED) is 0.0977. The second-order valence-electron chi connectivity index (χ2n) is 35.6. The smallest absolute Gasteiger partial charge is 0.399 e. The normalized spacial score (nSPS) is 18.0. The topological polar surface area (TPSA) is 127 Å². The largest absolute Gasteiger partial charge is 0.522 e. The summed E-state index contributed by atoms with van der Waals surface area (Å²) in [6, 6.07) is 87.2. The molecule has 120 heavy (non-hydrogen) atoms. The maximum atomic E-state index is 12.1. The lowest BCUT2D eigenvalue weighted by molar-refractivity contribution is -0.0510. The van der Waals surface area contributed by atoms with Gasteiger partial charge in [0.15, 0.2) is 0 Å². The molecule has 2 aromatic heterocycles. The summed E-state index contributed by atoms with van der Waals surface area (Å²) in [6.07, 6.45) is 1.73. The molecule has 0 bridgehead atoms. The summed E-state index contributed by atoms with van der Waals surface area (Å²) in [5.41, 5.74) is 10.5. The lowest BCUT2D eigenvalue weighted by Gasteiger charge is -2.32. The summed E-state index contributed by atoms with van der Waals surface area (Å²) in [5.74, 6) is 0. The van der Waals surface area contributed by atoms with E-state index in [1.165, 1.54) is 123 Å². The van der Waals surface area contributed by atoms with Crippen LogP contribution in [0.5, 0.6) is 0 Å². The van der Waals surface area contributed by atoms with Gasteiger partial charge >= 0.3 is 37.0 Å². The van der Waals surface area contributed by atoms with Gasteiger partial charge in [0, 0.05) is 76.8 Å². The van der Waals surface area contributed by atoms with Gasteiger partial charge in [-0.1, -0.05) is 248 Å². The molecule has 5 aliphatic rings. The Kier molecular flexibility index (Phi) is 22.0. The van der Waals surface area contributed by atoms with Crippen LogP contribution in [0.3, 0.4) is 0 Å². The Morgan fingerprint density at radius 1 is 0.358 bits per heavy atom. The molecular weight excluding hydrogens is 1710 g/mol. The first-order valence-electron chi connectivity index (χ1n) is 40.0. The number of rotatable bonds is 6. The third-order valence-electron chi connectivity index (χ3n) is 25.6. The number of halogens is 5. The highest BCUT2D eigenvalue weighted by molar-refractivity contribution is 9.10. The molecule has 5 heterocycles. The monoisotopic (exact) mass is 1800 g/mol. The maximum absolute atomic E-state index is 12.1. The molecule has 1 N–H and O–H groups in total. The van der Waals surface area contributed by atoms with Crippen LogP contribution in [0.25, 0.3) is 117 Å². The number of alkyl halides is 3. The highest BCUT2D eigenvalue weighted by atomic mass is 79.9. The van der Waals surface area contributed by atoms with Gasteiger partial charge in [-0.15, -0.1) is 22.7 Å². The second kappa shape index (κ2) is 31.0. The lowest BCUT2D eigenvalue weighted by atomic mass is 9.73. The molecule has 2 aliphatic carbocycles. The third kappa shape index (κ3) is 15.5. The highest BCUT2D eigenvalue weighted by Gasteiger charge is 2.55. The van der Waals surface area contributed by atoms with E-state index in [1.807, 2.05) is 59.1 Å². The van der Waals surface area contributed by atoms with E-state index in [9.17, 15) is 17.4 Å². The molecule has 10 nitrogen and oxygen atoms in total. The van der Waals surface area contributed by atoms with Crippen LogP contribution in [0.2, 0.25) is 0 Å². The van der Waals surface area contributed by atoms with E-state index in [4.69, 9.17) is 40.9 Å². The predicted octanol–water partition coefficient (Wildman–Crippen LogP) is 25.4. The van der Waals surface area contributed by atoms with Crippen LogP contribution < -0.4 is 16.4 Å². The zero-order valence-corrected chi connectivity index (χ0v) is 76.4. The van der Waals surface area contributed by atoms with Gasteiger partial charge in [0.1, 0.15) is 0 Å². The van der Waals surface area contributed by atoms with Gasteiger partial charge in [-0.2, -0.15) is 21.6 Å². The Hall–Kier alpha value is -8.16. The van der Waals surface area contributed by atoms with Crippen molar-refractivity contribution in [3.8, 4) is 44.5 Å². The van der Waals surface area contributed by atoms with E-state index in [0.29, 0.717) is 0 Å². The fourth-order valence-electron chi connectivity index (χ4n) is 16.7. The van der Waals surface area contributed by atoms with Crippen LogP contribution in [0.4, 0.5) is 13.2 Å². The van der Waals surface area contributed by atoms with Gasteiger partial charge in [-0.25, -0.2) is 0 Å². The number of hydrogen-bond donors (Lipinski definition) is 1. The summed E-state index contributed by atoms with van der Waals surface area (Å²) in [7, 11) is -7.93. The molecule has 13 aromatic carbocycles. The first-order chi connectivity index (χ1) is 56.3. The zero-order chi connectivity index (χ0) is 85.7. The standard InChI is InChI=1S/C37H33BO2S.C27H36B2O4.C17H13BrOS.C16H9BrS.CHF3O3S/c1-35(2)30-19-23(24-12-16-29-33(20-24)41-32-18-13-22-9-7-8-10-26(22)34(29)32)11-15-27(30)28-17-14-25(21-31(28)35)38-39-36(3,4)37(5,6)40-38;1-23(2)21-15-17(28-30-24(3,4)25(5,6)31-28)11-13-19(21)20-14-12-18(16-22(20)23)29-32-26(7,8)27(9,10)33-29;1-20(19)16-11-8-12-4-2-3-5-15(12)17(16)13-6-9-14(18)10-7-13;17-11-6-7-13-15(9-11)18-14-8-5-10-3-1-2-4-12(10)16(13)14;2-1(3,4)8(5,6)7/h7-21H,1-6H3;11-16H,1-10H3;2-11H,1H3;1-9H;(H,5,6,7). The van der Waals surface area contributed by atoms with Gasteiger partial charge < -0.3 is 27.9 Å². The van der Waals surface area contributed by atoms with Crippen molar-refractivity contribution >= 4 is 186 Å². The van der Waals surface area contributed by atoms with E-state index >= 15 is 0 Å². The van der Waals surface area contributed by atoms with E-state index in [1.54, 1.807) is 6.26 Å². The van der Waals surface area contributed by atoms with Gasteiger partial charge in [0.2, 0.25) is 0 Å². The van der Waals surface area contributed by atoms with Gasteiger partial charge in [-0.05, 0) is 248 Å². The van der Waals surface area contributed by atoms with E-state index in [-0.39, 0.29) is 65.8 Å². The molecule has 15 aromatic rings. The van der Waals surface area contributed by atoms with E-state index in [0.717, 1.165) is 46.7 Å². The van der Waals surface area contributed by atoms with Crippen LogP contribution in [0.1, 0.15) is 133 Å². The van der Waals surface area contributed by atoms with Crippen LogP contribution in [-0.4, -0.2) is 83.9 Å². The highest BCUT2D eigenvalue weighted by Crippen LogP contribution is 2.53. The first kappa shape index (κ1) is 85.4. The van der Waals surface area contributed by atoms with Gasteiger partial charge in [0.25, 0.3) is 0 Å². The van der Waals surface area contributed by atoms with Crippen molar-refractivity contribution in [2.24, 2.45) is 0 Å². The molecule has 1 unspecified atom stereocenters. The number of benzene rings is 13. The van der Waals surface area contributed by atoms with Crippen molar-refractivity contribution in [3.05, 3.63) is 274 Å². The van der Waals surface area contributed by atoms with Crippen molar-refractivity contribution in [1.29, 1.82) is 0 Å². The zero-order valence-electron chi connectivity index (χ0n) is 70.0. The Morgan fingerprint density at radius 2 is 0.675 bits per heavy atom. The second-order valence-corrected chi connectivity index (χ2v) is 42.4. The maximum Gasteiger partial charge on any atom is 0.522 e. The molecule has 3 fully saturated rings. The molecule has 20 rings (SSSR count). The Labute approximate surface area is 728 Å². The molecule has 0 saturated carbocycles. The molecule has 3 aliphatic heterocycles. The lowest BCUT2D eigenvalue weighted by Crippen LogP contribution is -2.41. The number of hydrogen-bond acceptors (Lipinski definition) is 11. The van der Waals surface area contributed by atoms with Crippen LogP contribution in [0.15, 0.2) is 256 Å². The Morgan fingerprint density at radius 3 is 1.07 bits per heavy atom.